The van der Waals surface area contributed by atoms with Crippen LogP contribution in [0.25, 0.3) is 22.6 Å². The maximum absolute atomic E-state index is 14.3. The van der Waals surface area contributed by atoms with Crippen LogP contribution in [0.3, 0.4) is 0 Å². The molecule has 3 heterocycles. The molecule has 0 spiro atoms. The number of rotatable bonds is 5. The number of carboxylic acids is 1. The number of hydrogen-bond donors (Lipinski definition) is 3. The minimum atomic E-state index is -1.08. The van der Waals surface area contributed by atoms with Crippen molar-refractivity contribution in [3.63, 3.8) is 0 Å². The molecule has 0 saturated heterocycles. The summed E-state index contributed by atoms with van der Waals surface area (Å²) >= 11 is 0. The van der Waals surface area contributed by atoms with E-state index in [4.69, 9.17) is 5.11 Å². The van der Waals surface area contributed by atoms with Gasteiger partial charge in [-0.3, -0.25) is 9.89 Å². The average Bonchev–Trinajstić information content (AvgIpc) is 2.98. The van der Waals surface area contributed by atoms with Crippen molar-refractivity contribution in [3.05, 3.63) is 30.1 Å². The number of nitrogens with zero attached hydrogens (tertiary/aromatic N) is 4. The summed E-state index contributed by atoms with van der Waals surface area (Å²) in [6.45, 7) is 5.34. The van der Waals surface area contributed by atoms with E-state index in [9.17, 15) is 18.1 Å². The maximum Gasteiger partial charge on any atom is 0.386 e. The van der Waals surface area contributed by atoms with Gasteiger partial charge in [-0.1, -0.05) is 20.8 Å². The van der Waals surface area contributed by atoms with Crippen molar-refractivity contribution < 1.29 is 28.0 Å². The topological polar surface area (TPSA) is 108 Å². The van der Waals surface area contributed by atoms with Crippen LogP contribution < -0.4 is 10.1 Å². The number of carboxylic acid groups (broad SMARTS) is 1. The third-order valence-corrected chi connectivity index (χ3v) is 4.21. The molecule has 3 aromatic rings. The highest BCUT2D eigenvalue weighted by Gasteiger charge is 2.32. The number of carbonyl (C=O) groups is 1. The molecule has 0 aromatic carbocycles. The molecule has 0 unspecified atom stereocenters. The Morgan fingerprint density at radius 3 is 2.75 bits per heavy atom. The van der Waals surface area contributed by atoms with E-state index in [-0.39, 0.29) is 39.6 Å². The van der Waals surface area contributed by atoms with Gasteiger partial charge in [0.2, 0.25) is 5.82 Å². The molecule has 1 atom stereocenters. The number of H-pyrrole nitrogens is 1. The highest BCUT2D eigenvalue weighted by Crippen LogP contribution is 2.28. The van der Waals surface area contributed by atoms with Gasteiger partial charge < -0.3 is 10.4 Å². The molecule has 0 aliphatic heterocycles. The quantitative estimate of drug-likeness (QED) is 0.613. The Morgan fingerprint density at radius 1 is 1.39 bits per heavy atom. The summed E-state index contributed by atoms with van der Waals surface area (Å²) in [4.78, 5) is 18.8. The fourth-order valence-corrected chi connectivity index (χ4v) is 2.65. The minimum Gasteiger partial charge on any atom is -0.481 e. The first kappa shape index (κ1) is 19.5. The zero-order valence-corrected chi connectivity index (χ0v) is 15.3. The molecule has 0 aliphatic carbocycles. The zero-order valence-electron chi connectivity index (χ0n) is 15.3. The van der Waals surface area contributed by atoms with Gasteiger partial charge in [0.25, 0.3) is 5.82 Å². The average molecular weight is 395 g/mol. The second-order valence-corrected chi connectivity index (χ2v) is 7.36. The third-order valence-electron chi connectivity index (χ3n) is 4.21. The first-order valence-corrected chi connectivity index (χ1v) is 8.33. The predicted octanol–water partition coefficient (Wildman–Crippen LogP) is 2.62. The highest BCUT2D eigenvalue weighted by atomic mass is 19.2. The summed E-state index contributed by atoms with van der Waals surface area (Å²) < 4.78 is 42.2. The van der Waals surface area contributed by atoms with Crippen LogP contribution in [0.5, 0.6) is 0 Å². The smallest absolute Gasteiger partial charge is 0.386 e. The van der Waals surface area contributed by atoms with Crippen molar-refractivity contribution in [2.24, 2.45) is 5.41 Å². The number of nitrogens with one attached hydrogen (secondary N) is 2. The summed E-state index contributed by atoms with van der Waals surface area (Å²) in [7, 11) is 0. The number of anilines is 1. The van der Waals surface area contributed by atoms with Crippen molar-refractivity contribution in [3.8, 4) is 11.5 Å². The molecule has 0 radical (unpaired) electrons. The molecule has 3 aromatic heterocycles. The Morgan fingerprint density at radius 2 is 2.11 bits per heavy atom. The van der Waals surface area contributed by atoms with Crippen LogP contribution in [-0.2, 0) is 4.79 Å². The Hall–Kier alpha value is -3.24. The van der Waals surface area contributed by atoms with Crippen molar-refractivity contribution in [2.45, 2.75) is 33.2 Å². The van der Waals surface area contributed by atoms with Gasteiger partial charge in [0.05, 0.1) is 18.0 Å². The standard InChI is InChI=1S/C17H17F3N6O2/c1-17(2,3)11(5-12(27)28)22-15-10(19)7-26(20)16(23-15)13-9-4-8(18)6-21-14(9)25-24-13/h4,6-7,11H,5H2,1-3H3,(H2,21,22,23,24,25,27,28)/p+1/t11-/m1/s1. The molecule has 0 bridgehead atoms. The molecule has 0 fully saturated rings. The second kappa shape index (κ2) is 7.06. The van der Waals surface area contributed by atoms with E-state index >= 15 is 0 Å². The third kappa shape index (κ3) is 3.87. The number of aromatic nitrogens is 5. The van der Waals surface area contributed by atoms with Crippen LogP contribution in [0.2, 0.25) is 0 Å². The van der Waals surface area contributed by atoms with E-state index in [1.54, 1.807) is 20.8 Å². The van der Waals surface area contributed by atoms with Gasteiger partial charge >= 0.3 is 11.8 Å². The van der Waals surface area contributed by atoms with Crippen LogP contribution in [-0.4, -0.2) is 37.3 Å². The second-order valence-electron chi connectivity index (χ2n) is 7.36. The molecule has 0 amide bonds. The first-order chi connectivity index (χ1) is 13.1. The van der Waals surface area contributed by atoms with Gasteiger partial charge in [-0.25, -0.2) is 9.37 Å². The maximum atomic E-state index is 14.3. The Bertz CT molecular complexity index is 1050. The largest absolute Gasteiger partial charge is 0.481 e. The monoisotopic (exact) mass is 395 g/mol. The summed E-state index contributed by atoms with van der Waals surface area (Å²) in [5, 5.41) is 18.4. The molecule has 28 heavy (non-hydrogen) atoms. The van der Waals surface area contributed by atoms with Gasteiger partial charge in [-0.2, -0.15) is 9.49 Å². The fraction of sp³-hybridized carbons (Fsp3) is 0.353. The lowest BCUT2D eigenvalue weighted by Crippen LogP contribution is -2.38. The molecular formula is C17H18F3N6O2+. The lowest BCUT2D eigenvalue weighted by atomic mass is 9.85. The van der Waals surface area contributed by atoms with E-state index < -0.39 is 29.1 Å². The van der Waals surface area contributed by atoms with Crippen LogP contribution in [0.4, 0.5) is 19.1 Å². The van der Waals surface area contributed by atoms with Gasteiger partial charge in [0.1, 0.15) is 5.82 Å². The molecule has 8 nitrogen and oxygen atoms in total. The number of hydrogen-bond acceptors (Lipinski definition) is 5. The summed E-state index contributed by atoms with van der Waals surface area (Å²) in [6, 6.07) is 0.412. The number of fused-ring (bicyclic) bond motifs is 1. The number of pyridine rings is 1. The van der Waals surface area contributed by atoms with Crippen molar-refractivity contribution in [1.82, 2.24) is 20.2 Å². The van der Waals surface area contributed by atoms with Crippen molar-refractivity contribution in [2.75, 3.05) is 5.32 Å². The molecule has 148 valence electrons. The van der Waals surface area contributed by atoms with Gasteiger partial charge in [-0.05, 0) is 21.3 Å². The highest BCUT2D eigenvalue weighted by molar-refractivity contribution is 5.88. The van der Waals surface area contributed by atoms with E-state index in [1.165, 1.54) is 0 Å². The summed E-state index contributed by atoms with van der Waals surface area (Å²) in [5.41, 5.74) is -0.421. The molecule has 11 heteroatoms. The van der Waals surface area contributed by atoms with Crippen molar-refractivity contribution >= 4 is 22.8 Å². The van der Waals surface area contributed by atoms with Crippen LogP contribution in [0, 0.1) is 17.0 Å². The van der Waals surface area contributed by atoms with Gasteiger partial charge in [-0.15, -0.1) is 0 Å². The summed E-state index contributed by atoms with van der Waals surface area (Å²) in [5.74, 6) is -3.46. The fourth-order valence-electron chi connectivity index (χ4n) is 2.65. The molecule has 3 N–H and O–H groups in total. The summed E-state index contributed by atoms with van der Waals surface area (Å²) in [6.07, 6.45) is 1.21. The lowest BCUT2D eigenvalue weighted by molar-refractivity contribution is -0.837. The molecule has 3 rings (SSSR count). The van der Waals surface area contributed by atoms with E-state index in [0.717, 1.165) is 12.3 Å². The van der Waals surface area contributed by atoms with Crippen molar-refractivity contribution in [1.29, 1.82) is 0 Å². The number of aliphatic carboxylic acids is 1. The van der Waals surface area contributed by atoms with Crippen LogP contribution in [0.1, 0.15) is 27.2 Å². The van der Waals surface area contributed by atoms with Gasteiger partial charge in [0.15, 0.2) is 17.5 Å². The predicted molar refractivity (Wildman–Crippen MR) is 92.9 cm³/mol. The van der Waals surface area contributed by atoms with E-state index in [0.29, 0.717) is 6.20 Å². The first-order valence-electron chi connectivity index (χ1n) is 8.33. The minimum absolute atomic E-state index is 0.00177. The Balaban J connectivity index is 2.07. The van der Waals surface area contributed by atoms with E-state index in [1.807, 2.05) is 0 Å². The number of halogens is 3. The van der Waals surface area contributed by atoms with Gasteiger partial charge in [0, 0.05) is 10.5 Å². The Kier molecular flexibility index (Phi) is 4.92. The van der Waals surface area contributed by atoms with E-state index in [2.05, 4.69) is 25.5 Å². The zero-order chi connectivity index (χ0) is 20.6. The van der Waals surface area contributed by atoms with Crippen LogP contribution in [0.15, 0.2) is 18.5 Å². The van der Waals surface area contributed by atoms with Crippen LogP contribution >= 0.6 is 0 Å². The molecule has 0 saturated carbocycles. The SMILES string of the molecule is CC(C)(C)[C@@H](CC(=O)O)Nc1nc(-c2[nH]nc3ncc(F)cc23)[n+](F)cc1F. The lowest BCUT2D eigenvalue weighted by Gasteiger charge is -2.29. The number of aromatic amines is 1. The molecule has 0 aliphatic rings. The normalized spacial score (nSPS) is 12.9. The Labute approximate surface area is 157 Å². The molecular weight excluding hydrogens is 377 g/mol.